The van der Waals surface area contributed by atoms with E-state index in [-0.39, 0.29) is 41.2 Å². The molecule has 1 saturated heterocycles. The number of halogens is 1. The average Bonchev–Trinajstić information content (AvgIpc) is 2.95. The van der Waals surface area contributed by atoms with Gasteiger partial charge < -0.3 is 30.5 Å². The number of carbonyl (C=O) groups is 3. The maximum atomic E-state index is 12.5. The summed E-state index contributed by atoms with van der Waals surface area (Å²) in [4.78, 5) is 38.1. The van der Waals surface area contributed by atoms with E-state index in [4.69, 9.17) is 11.6 Å². The van der Waals surface area contributed by atoms with Crippen LogP contribution in [0.3, 0.4) is 0 Å². The summed E-state index contributed by atoms with van der Waals surface area (Å²) >= 11 is 6.07. The van der Waals surface area contributed by atoms with Gasteiger partial charge in [0, 0.05) is 5.92 Å². The number of urea groups is 1. The first-order valence-electron chi connectivity index (χ1n) is 9.59. The van der Waals surface area contributed by atoms with Crippen molar-refractivity contribution in [3.05, 3.63) is 40.6 Å². The molecule has 5 atom stereocenters. The normalized spacial score (nSPS) is 28.0. The molecule has 154 valence electrons. The second-order valence-corrected chi connectivity index (χ2v) is 8.13. The summed E-state index contributed by atoms with van der Waals surface area (Å²) in [5.41, 5.74) is 0.782. The van der Waals surface area contributed by atoms with Gasteiger partial charge in [0.2, 0.25) is 5.91 Å². The number of nitrogens with zero attached hydrogens (tertiary/aromatic N) is 1. The molecule has 8 nitrogen and oxygen atoms in total. The van der Waals surface area contributed by atoms with Crippen molar-refractivity contribution >= 4 is 35.2 Å². The molecule has 3 N–H and O–H groups in total. The van der Waals surface area contributed by atoms with Crippen molar-refractivity contribution in [3.63, 3.8) is 0 Å². The van der Waals surface area contributed by atoms with Gasteiger partial charge in [-0.15, -0.1) is 0 Å². The molecule has 2 fully saturated rings. The number of carboxylic acid groups (broad SMARTS) is 1. The summed E-state index contributed by atoms with van der Waals surface area (Å²) in [6.45, 7) is 1.53. The van der Waals surface area contributed by atoms with Gasteiger partial charge in [-0.1, -0.05) is 30.2 Å². The number of para-hydroxylation sites is 1. The molecule has 1 aromatic carbocycles. The number of benzene rings is 1. The zero-order chi connectivity index (χ0) is 20.9. The zero-order valence-electron chi connectivity index (χ0n) is 16.7. The summed E-state index contributed by atoms with van der Waals surface area (Å²) in [6, 6.07) is 5.32. The van der Waals surface area contributed by atoms with Gasteiger partial charge in [0.25, 0.3) is 0 Å². The quantitative estimate of drug-likeness (QED) is 0.363. The number of fused-ring (bicyclic) bond motifs is 3. The second kappa shape index (κ2) is 8.88. The van der Waals surface area contributed by atoms with Crippen LogP contribution in [0.25, 0.3) is 0 Å². The molecule has 1 aliphatic carbocycles. The first-order valence-corrected chi connectivity index (χ1v) is 9.97. The van der Waals surface area contributed by atoms with Gasteiger partial charge in [0.15, 0.2) is 0 Å². The number of hydrogen-bond donors (Lipinski definition) is 3. The summed E-state index contributed by atoms with van der Waals surface area (Å²) in [5, 5.41) is 27.7. The van der Waals surface area contributed by atoms with Crippen LogP contribution >= 0.6 is 11.6 Å². The molecular weight excluding hydrogens is 421 g/mol. The minimum Gasteiger partial charge on any atom is -0.543 e. The molecule has 4 rings (SSSR count). The Balaban J connectivity index is 0.00000256. The van der Waals surface area contributed by atoms with E-state index in [0.717, 1.165) is 6.42 Å². The molecule has 2 aliphatic heterocycles. The van der Waals surface area contributed by atoms with Gasteiger partial charge in [-0.2, -0.15) is 0 Å². The first-order chi connectivity index (χ1) is 13.8. The molecule has 1 aromatic rings. The molecule has 30 heavy (non-hydrogen) atoms. The molecule has 0 bridgehead atoms. The van der Waals surface area contributed by atoms with E-state index in [9.17, 15) is 24.6 Å². The van der Waals surface area contributed by atoms with E-state index in [1.807, 2.05) is 0 Å². The van der Waals surface area contributed by atoms with Gasteiger partial charge in [-0.25, -0.2) is 4.79 Å². The minimum absolute atomic E-state index is 0. The molecular formula is C20H21ClN3NaO5. The van der Waals surface area contributed by atoms with Crippen LogP contribution in [0.5, 0.6) is 0 Å². The molecule has 10 heteroatoms. The second-order valence-electron chi connectivity index (χ2n) is 7.72. The fourth-order valence-electron chi connectivity index (χ4n) is 4.90. The summed E-state index contributed by atoms with van der Waals surface area (Å²) < 4.78 is 0. The standard InChI is InChI=1S/C20H22ClN3O5.Na/c1-9(25)14-16-10-5-4-8-13(15(10)17(19(27)28)24(16)18(14)26)23-20(29)22-12-7-3-2-6-11(12)21;/h2-3,6-7,9-10,13-14,16,25H,4-5,8H2,1H3,(H,27,28)(H2,22,23,29);/q;+1/p-1/t9?,10-,13-,14+,16+;/m0./s1. The summed E-state index contributed by atoms with van der Waals surface area (Å²) in [6.07, 6.45) is 1.13. The zero-order valence-corrected chi connectivity index (χ0v) is 19.5. The third-order valence-corrected chi connectivity index (χ3v) is 6.37. The van der Waals surface area contributed by atoms with E-state index in [1.165, 1.54) is 11.8 Å². The van der Waals surface area contributed by atoms with Gasteiger partial charge in [0.05, 0.1) is 46.5 Å². The molecule has 2 heterocycles. The van der Waals surface area contributed by atoms with Gasteiger partial charge >= 0.3 is 35.6 Å². The van der Waals surface area contributed by atoms with E-state index in [2.05, 4.69) is 10.6 Å². The van der Waals surface area contributed by atoms with Crippen molar-refractivity contribution in [1.29, 1.82) is 0 Å². The van der Waals surface area contributed by atoms with Crippen LogP contribution in [0, 0.1) is 11.8 Å². The van der Waals surface area contributed by atoms with Gasteiger partial charge in [0.1, 0.15) is 0 Å². The summed E-state index contributed by atoms with van der Waals surface area (Å²) in [7, 11) is 0. The largest absolute Gasteiger partial charge is 1.00 e. The van der Waals surface area contributed by atoms with Crippen LogP contribution in [0.2, 0.25) is 5.02 Å². The third-order valence-electron chi connectivity index (χ3n) is 6.04. The van der Waals surface area contributed by atoms with E-state index >= 15 is 0 Å². The minimum atomic E-state index is -1.44. The third kappa shape index (κ3) is 3.76. The van der Waals surface area contributed by atoms with Crippen LogP contribution in [0.15, 0.2) is 35.5 Å². The number of rotatable bonds is 4. The summed E-state index contributed by atoms with van der Waals surface area (Å²) in [5.74, 6) is -2.71. The number of aliphatic carboxylic acids is 1. The van der Waals surface area contributed by atoms with Crippen LogP contribution < -0.4 is 45.3 Å². The van der Waals surface area contributed by atoms with Crippen LogP contribution in [-0.4, -0.2) is 46.1 Å². The van der Waals surface area contributed by atoms with Crippen molar-refractivity contribution in [2.75, 3.05) is 5.32 Å². The fraction of sp³-hybridized carbons (Fsp3) is 0.450. The number of aliphatic hydroxyl groups is 1. The van der Waals surface area contributed by atoms with Crippen molar-refractivity contribution in [2.24, 2.45) is 11.8 Å². The Bertz CT molecular complexity index is 921. The van der Waals surface area contributed by atoms with Crippen LogP contribution in [0.4, 0.5) is 10.5 Å². The Kier molecular flexibility index (Phi) is 6.84. The number of aliphatic hydroxyl groups excluding tert-OH is 1. The molecule has 3 aliphatic rings. The Hall–Kier alpha value is -1.58. The molecule has 0 spiro atoms. The molecule has 3 amide bonds. The van der Waals surface area contributed by atoms with Crippen LogP contribution in [0.1, 0.15) is 26.2 Å². The number of nitrogens with one attached hydrogen (secondary N) is 2. The van der Waals surface area contributed by atoms with Crippen molar-refractivity contribution in [3.8, 4) is 0 Å². The van der Waals surface area contributed by atoms with Gasteiger partial charge in [-0.05, 0) is 37.5 Å². The van der Waals surface area contributed by atoms with Crippen LogP contribution in [-0.2, 0) is 9.59 Å². The maximum Gasteiger partial charge on any atom is 1.00 e. The Morgan fingerprint density at radius 1 is 1.30 bits per heavy atom. The Morgan fingerprint density at radius 2 is 2.00 bits per heavy atom. The number of hydrogen-bond acceptors (Lipinski definition) is 5. The molecule has 0 aromatic heterocycles. The maximum absolute atomic E-state index is 12.5. The fourth-order valence-corrected chi connectivity index (χ4v) is 5.09. The smallest absolute Gasteiger partial charge is 0.543 e. The predicted octanol–water partition coefficient (Wildman–Crippen LogP) is -2.14. The van der Waals surface area contributed by atoms with Crippen molar-refractivity contribution in [1.82, 2.24) is 10.2 Å². The number of amides is 3. The van der Waals surface area contributed by atoms with Gasteiger partial charge in [-0.3, -0.25) is 4.79 Å². The Labute approximate surface area is 200 Å². The van der Waals surface area contributed by atoms with Crippen molar-refractivity contribution < 1.29 is 54.2 Å². The van der Waals surface area contributed by atoms with E-state index in [1.54, 1.807) is 24.3 Å². The molecule has 1 unspecified atom stereocenters. The van der Waals surface area contributed by atoms with E-state index in [0.29, 0.717) is 29.1 Å². The number of carbonyl (C=O) groups excluding carboxylic acids is 3. The SMILES string of the molecule is CC(O)[C@H]1C(=O)N2C(C(=O)[O-])=C3[C@@H](NC(=O)Nc4ccccc4Cl)CCC[C@@H]3[C@H]12.[Na+]. The predicted molar refractivity (Wildman–Crippen MR) is 103 cm³/mol. The molecule has 1 saturated carbocycles. The monoisotopic (exact) mass is 441 g/mol. The molecule has 0 radical (unpaired) electrons. The first kappa shape index (κ1) is 23.1. The number of carboxylic acids is 1. The number of β-lactam (4-membered cyclic amide) rings is 1. The van der Waals surface area contributed by atoms with Crippen molar-refractivity contribution in [2.45, 2.75) is 44.4 Å². The number of anilines is 1. The Morgan fingerprint density at radius 3 is 2.63 bits per heavy atom. The van der Waals surface area contributed by atoms with E-state index < -0.39 is 42.0 Å². The average molecular weight is 442 g/mol. The topological polar surface area (TPSA) is 122 Å².